The van der Waals surface area contributed by atoms with E-state index in [-0.39, 0.29) is 17.4 Å². The molecule has 2 aliphatic rings. The number of imidazole rings is 1. The molecule has 2 aromatic rings. The molecular formula is C20H22F3N3O. The number of likely N-dealkylation sites (tertiary alicyclic amines) is 1. The smallest absolute Gasteiger partial charge is 0.338 e. The lowest BCUT2D eigenvalue weighted by Gasteiger charge is -2.33. The number of halogens is 3. The summed E-state index contributed by atoms with van der Waals surface area (Å²) in [7, 11) is 0. The van der Waals surface area contributed by atoms with Crippen LogP contribution in [0, 0.1) is 5.92 Å². The number of nitrogens with zero attached hydrogens (tertiary/aromatic N) is 3. The first kappa shape index (κ1) is 18.1. The highest BCUT2D eigenvalue weighted by Crippen LogP contribution is 2.34. The van der Waals surface area contributed by atoms with Gasteiger partial charge in [-0.1, -0.05) is 6.07 Å². The molecule has 4 nitrogen and oxygen atoms in total. The second kappa shape index (κ2) is 7.02. The van der Waals surface area contributed by atoms with Gasteiger partial charge in [0.05, 0.1) is 5.56 Å². The number of amides is 1. The van der Waals surface area contributed by atoms with Gasteiger partial charge in [0.15, 0.2) is 0 Å². The van der Waals surface area contributed by atoms with Gasteiger partial charge in [0, 0.05) is 43.5 Å². The van der Waals surface area contributed by atoms with Crippen LogP contribution >= 0.6 is 0 Å². The summed E-state index contributed by atoms with van der Waals surface area (Å²) in [5, 5.41) is 0. The van der Waals surface area contributed by atoms with E-state index in [4.69, 9.17) is 0 Å². The average Bonchev–Trinajstić information content (AvgIpc) is 3.35. The summed E-state index contributed by atoms with van der Waals surface area (Å²) in [6.07, 6.45) is 3.60. The normalized spacial score (nSPS) is 20.7. The largest absolute Gasteiger partial charge is 0.416 e. The van der Waals surface area contributed by atoms with Gasteiger partial charge < -0.3 is 9.47 Å². The highest BCUT2D eigenvalue weighted by atomic mass is 19.4. The van der Waals surface area contributed by atoms with Crippen LogP contribution in [0.15, 0.2) is 36.7 Å². The fourth-order valence-electron chi connectivity index (χ4n) is 3.80. The van der Waals surface area contributed by atoms with E-state index in [1.165, 1.54) is 25.0 Å². The summed E-state index contributed by atoms with van der Waals surface area (Å²) >= 11 is 0. The maximum absolute atomic E-state index is 12.9. The van der Waals surface area contributed by atoms with E-state index in [0.717, 1.165) is 43.3 Å². The van der Waals surface area contributed by atoms with Crippen molar-refractivity contribution in [1.82, 2.24) is 14.5 Å². The Morgan fingerprint density at radius 2 is 2.04 bits per heavy atom. The minimum atomic E-state index is -4.45. The molecule has 0 radical (unpaired) electrons. The second-order valence-corrected chi connectivity index (χ2v) is 7.55. The Hall–Kier alpha value is -2.31. The number of aromatic nitrogens is 2. The molecule has 0 bridgehead atoms. The van der Waals surface area contributed by atoms with E-state index in [1.807, 2.05) is 6.20 Å². The van der Waals surface area contributed by atoms with Crippen LogP contribution in [-0.2, 0) is 12.7 Å². The lowest BCUT2D eigenvalue weighted by molar-refractivity contribution is -0.137. The zero-order valence-corrected chi connectivity index (χ0v) is 15.0. The number of carbonyl (C=O) groups excluding carboxylic acids is 1. The third-order valence-corrected chi connectivity index (χ3v) is 5.41. The quantitative estimate of drug-likeness (QED) is 0.795. The van der Waals surface area contributed by atoms with E-state index in [1.54, 1.807) is 11.1 Å². The molecule has 1 aromatic heterocycles. The Bertz CT molecular complexity index is 826. The van der Waals surface area contributed by atoms with E-state index < -0.39 is 11.7 Å². The van der Waals surface area contributed by atoms with Gasteiger partial charge in [0.2, 0.25) is 0 Å². The van der Waals surface area contributed by atoms with Crippen molar-refractivity contribution in [2.24, 2.45) is 5.92 Å². The summed E-state index contributed by atoms with van der Waals surface area (Å²) in [4.78, 5) is 19.0. The highest BCUT2D eigenvalue weighted by molar-refractivity contribution is 5.94. The van der Waals surface area contributed by atoms with Crippen LogP contribution in [0.2, 0.25) is 0 Å². The van der Waals surface area contributed by atoms with Crippen molar-refractivity contribution in [2.45, 2.75) is 44.3 Å². The molecule has 1 aromatic carbocycles. The number of hydrogen-bond donors (Lipinski definition) is 0. The van der Waals surface area contributed by atoms with Crippen LogP contribution in [0.5, 0.6) is 0 Å². The molecule has 144 valence electrons. The SMILES string of the molecule is O=C(c1cccc(C(F)(F)F)c1)N1CCC[C@@H](c2nccn2CC2CC2)C1. The van der Waals surface area contributed by atoms with Crippen molar-refractivity contribution in [3.8, 4) is 0 Å². The predicted molar refractivity (Wildman–Crippen MR) is 94.3 cm³/mol. The third kappa shape index (κ3) is 4.01. The van der Waals surface area contributed by atoms with Gasteiger partial charge in [-0.05, 0) is 49.8 Å². The Morgan fingerprint density at radius 1 is 1.22 bits per heavy atom. The maximum Gasteiger partial charge on any atom is 0.416 e. The number of alkyl halides is 3. The Kier molecular flexibility index (Phi) is 4.70. The van der Waals surface area contributed by atoms with Gasteiger partial charge >= 0.3 is 6.18 Å². The molecule has 1 aliphatic carbocycles. The molecule has 2 heterocycles. The molecule has 1 saturated carbocycles. The predicted octanol–water partition coefficient (Wildman–Crippen LogP) is 4.33. The Labute approximate surface area is 156 Å². The first-order valence-corrected chi connectivity index (χ1v) is 9.39. The average molecular weight is 377 g/mol. The number of rotatable bonds is 4. The summed E-state index contributed by atoms with van der Waals surface area (Å²) in [6, 6.07) is 4.68. The Balaban J connectivity index is 1.50. The van der Waals surface area contributed by atoms with Crippen molar-refractivity contribution in [3.63, 3.8) is 0 Å². The first-order valence-electron chi connectivity index (χ1n) is 9.39. The van der Waals surface area contributed by atoms with Crippen LogP contribution < -0.4 is 0 Å². The minimum Gasteiger partial charge on any atom is -0.338 e. The van der Waals surface area contributed by atoms with Crippen molar-refractivity contribution >= 4 is 5.91 Å². The van der Waals surface area contributed by atoms with Gasteiger partial charge in [-0.2, -0.15) is 13.2 Å². The monoisotopic (exact) mass is 377 g/mol. The second-order valence-electron chi connectivity index (χ2n) is 7.55. The van der Waals surface area contributed by atoms with Crippen LogP contribution in [0.3, 0.4) is 0 Å². The lowest BCUT2D eigenvalue weighted by Crippen LogP contribution is -2.39. The summed E-state index contributed by atoms with van der Waals surface area (Å²) < 4.78 is 41.0. The van der Waals surface area contributed by atoms with Crippen LogP contribution in [0.1, 0.15) is 53.3 Å². The molecule has 7 heteroatoms. The minimum absolute atomic E-state index is 0.0896. The van der Waals surface area contributed by atoms with E-state index in [0.29, 0.717) is 13.1 Å². The molecule has 0 spiro atoms. The number of benzene rings is 1. The van der Waals surface area contributed by atoms with Crippen molar-refractivity contribution in [3.05, 3.63) is 53.6 Å². The molecule has 1 aliphatic heterocycles. The third-order valence-electron chi connectivity index (χ3n) is 5.41. The summed E-state index contributed by atoms with van der Waals surface area (Å²) in [6.45, 7) is 2.03. The molecular weight excluding hydrogens is 355 g/mol. The van der Waals surface area contributed by atoms with E-state index in [2.05, 4.69) is 9.55 Å². The van der Waals surface area contributed by atoms with Gasteiger partial charge in [-0.3, -0.25) is 4.79 Å². The van der Waals surface area contributed by atoms with Gasteiger partial charge in [-0.15, -0.1) is 0 Å². The zero-order valence-electron chi connectivity index (χ0n) is 15.0. The molecule has 0 unspecified atom stereocenters. The summed E-state index contributed by atoms with van der Waals surface area (Å²) in [5.41, 5.74) is -0.700. The van der Waals surface area contributed by atoms with Crippen molar-refractivity contribution in [1.29, 1.82) is 0 Å². The highest BCUT2D eigenvalue weighted by Gasteiger charge is 2.33. The van der Waals surface area contributed by atoms with Crippen molar-refractivity contribution < 1.29 is 18.0 Å². The zero-order chi connectivity index (χ0) is 19.0. The number of hydrogen-bond acceptors (Lipinski definition) is 2. The van der Waals surface area contributed by atoms with Crippen molar-refractivity contribution in [2.75, 3.05) is 13.1 Å². The van der Waals surface area contributed by atoms with E-state index in [9.17, 15) is 18.0 Å². The Morgan fingerprint density at radius 3 is 2.78 bits per heavy atom. The molecule has 1 amide bonds. The molecule has 1 saturated heterocycles. The fourth-order valence-corrected chi connectivity index (χ4v) is 3.80. The maximum atomic E-state index is 12.9. The molecule has 0 N–H and O–H groups in total. The molecule has 4 rings (SSSR count). The van der Waals surface area contributed by atoms with Crippen LogP contribution in [0.25, 0.3) is 0 Å². The van der Waals surface area contributed by atoms with Gasteiger partial charge in [-0.25, -0.2) is 4.98 Å². The van der Waals surface area contributed by atoms with Crippen LogP contribution in [-0.4, -0.2) is 33.4 Å². The van der Waals surface area contributed by atoms with Gasteiger partial charge in [0.1, 0.15) is 5.82 Å². The van der Waals surface area contributed by atoms with Crippen LogP contribution in [0.4, 0.5) is 13.2 Å². The first-order chi connectivity index (χ1) is 12.9. The van der Waals surface area contributed by atoms with E-state index >= 15 is 0 Å². The topological polar surface area (TPSA) is 38.1 Å². The fraction of sp³-hybridized carbons (Fsp3) is 0.500. The van der Waals surface area contributed by atoms with Gasteiger partial charge in [0.25, 0.3) is 5.91 Å². The molecule has 1 atom stereocenters. The lowest BCUT2D eigenvalue weighted by atomic mass is 9.96. The molecule has 27 heavy (non-hydrogen) atoms. The number of carbonyl (C=O) groups is 1. The molecule has 2 fully saturated rings. The summed E-state index contributed by atoms with van der Waals surface area (Å²) in [5.74, 6) is 1.50. The number of piperidine rings is 1. The standard InChI is InChI=1S/C20H22F3N3O/c21-20(22,23)17-5-1-3-15(11-17)19(27)26-9-2-4-16(13-26)18-24-8-10-25(18)12-14-6-7-14/h1,3,5,8,10-11,14,16H,2,4,6-7,9,12-13H2/t16-/m1/s1.